The van der Waals surface area contributed by atoms with E-state index in [2.05, 4.69) is 15.4 Å². The highest BCUT2D eigenvalue weighted by Gasteiger charge is 2.38. The number of carbonyl (C=O) groups is 2. The molecule has 0 aromatic carbocycles. The molecule has 1 saturated heterocycles. The van der Waals surface area contributed by atoms with E-state index in [9.17, 15) is 18.0 Å². The Bertz CT molecular complexity index is 808. The number of rotatable bonds is 2. The molecule has 10 heteroatoms. The normalized spacial score (nSPS) is 33.1. The number of amidine groups is 1. The lowest BCUT2D eigenvalue weighted by atomic mass is 10.1. The Balaban J connectivity index is 1.43. The van der Waals surface area contributed by atoms with Crippen molar-refractivity contribution in [1.82, 2.24) is 10.3 Å². The molecule has 1 aliphatic carbocycles. The van der Waals surface area contributed by atoms with Gasteiger partial charge in [0.1, 0.15) is 5.71 Å². The summed E-state index contributed by atoms with van der Waals surface area (Å²) in [6.07, 6.45) is 6.65. The van der Waals surface area contributed by atoms with Gasteiger partial charge in [-0.25, -0.2) is 13.4 Å². The average molecular weight is 413 g/mol. The van der Waals surface area contributed by atoms with Crippen molar-refractivity contribution in [3.05, 3.63) is 0 Å². The molecule has 0 aromatic heterocycles. The van der Waals surface area contributed by atoms with Crippen molar-refractivity contribution in [2.24, 2.45) is 10.1 Å². The number of hydrogen-bond donors (Lipinski definition) is 1. The molecule has 27 heavy (non-hydrogen) atoms. The predicted molar refractivity (Wildman–Crippen MR) is 104 cm³/mol. The van der Waals surface area contributed by atoms with Gasteiger partial charge in [-0.2, -0.15) is 5.10 Å². The van der Waals surface area contributed by atoms with Crippen molar-refractivity contribution < 1.29 is 18.0 Å². The Morgan fingerprint density at radius 1 is 1.15 bits per heavy atom. The van der Waals surface area contributed by atoms with Crippen LogP contribution >= 0.6 is 11.8 Å². The van der Waals surface area contributed by atoms with Crippen molar-refractivity contribution in [2.75, 3.05) is 11.5 Å². The highest BCUT2D eigenvalue weighted by molar-refractivity contribution is 8.14. The molecule has 1 saturated carbocycles. The van der Waals surface area contributed by atoms with Crippen molar-refractivity contribution in [2.45, 2.75) is 68.7 Å². The number of hydrogen-bond acceptors (Lipinski definition) is 7. The van der Waals surface area contributed by atoms with E-state index in [1.807, 2.05) is 0 Å². The van der Waals surface area contributed by atoms with Gasteiger partial charge < -0.3 is 5.32 Å². The summed E-state index contributed by atoms with van der Waals surface area (Å²) < 4.78 is 23.4. The van der Waals surface area contributed by atoms with E-state index < -0.39 is 15.9 Å². The summed E-state index contributed by atoms with van der Waals surface area (Å²) in [6, 6.07) is -0.182. The number of carbonyl (C=O) groups excluding carboxylic acids is 2. The van der Waals surface area contributed by atoms with Gasteiger partial charge in [-0.1, -0.05) is 31.0 Å². The maximum absolute atomic E-state index is 12.6. The molecule has 4 rings (SSSR count). The number of nitrogens with zero attached hydrogens (tertiary/aromatic N) is 3. The van der Waals surface area contributed by atoms with E-state index in [1.165, 1.54) is 24.3 Å². The zero-order valence-electron chi connectivity index (χ0n) is 15.1. The van der Waals surface area contributed by atoms with Crippen LogP contribution < -0.4 is 5.32 Å². The van der Waals surface area contributed by atoms with E-state index in [4.69, 9.17) is 0 Å². The maximum atomic E-state index is 12.6. The molecule has 3 atom stereocenters. The van der Waals surface area contributed by atoms with Crippen LogP contribution in [-0.2, 0) is 19.4 Å². The zero-order chi connectivity index (χ0) is 19.0. The summed E-state index contributed by atoms with van der Waals surface area (Å²) in [5.41, 5.74) is 0.272. The second-order valence-corrected chi connectivity index (χ2v) is 11.0. The molecule has 4 aliphatic rings. The highest BCUT2D eigenvalue weighted by atomic mass is 32.2. The van der Waals surface area contributed by atoms with Crippen LogP contribution in [0.3, 0.4) is 0 Å². The lowest BCUT2D eigenvalue weighted by Gasteiger charge is -2.27. The molecule has 148 valence electrons. The smallest absolute Gasteiger partial charge is 0.273 e. The number of fused-ring (bicyclic) bond motifs is 1. The van der Waals surface area contributed by atoms with Gasteiger partial charge in [0.25, 0.3) is 5.91 Å². The summed E-state index contributed by atoms with van der Waals surface area (Å²) in [5.74, 6) is -0.572. The van der Waals surface area contributed by atoms with Gasteiger partial charge in [-0.3, -0.25) is 14.6 Å². The van der Waals surface area contributed by atoms with Crippen LogP contribution in [0.5, 0.6) is 0 Å². The van der Waals surface area contributed by atoms with Crippen molar-refractivity contribution in [3.8, 4) is 0 Å². The Hall–Kier alpha value is -1.42. The monoisotopic (exact) mass is 412 g/mol. The molecular weight excluding hydrogens is 388 g/mol. The Labute approximate surface area is 163 Å². The van der Waals surface area contributed by atoms with Crippen LogP contribution in [0.1, 0.15) is 51.4 Å². The van der Waals surface area contributed by atoms with Crippen LogP contribution in [0.25, 0.3) is 0 Å². The third-order valence-corrected chi connectivity index (χ3v) is 8.59. The molecule has 3 heterocycles. The summed E-state index contributed by atoms with van der Waals surface area (Å²) in [7, 11) is -3.13. The first-order chi connectivity index (χ1) is 12.9. The summed E-state index contributed by atoms with van der Waals surface area (Å²) >= 11 is 1.63. The third-order valence-electron chi connectivity index (χ3n) is 5.56. The molecule has 8 nitrogen and oxygen atoms in total. The van der Waals surface area contributed by atoms with Crippen molar-refractivity contribution in [3.63, 3.8) is 0 Å². The lowest BCUT2D eigenvalue weighted by molar-refractivity contribution is -0.133. The number of hydrazone groups is 1. The highest BCUT2D eigenvalue weighted by Crippen LogP contribution is 2.35. The van der Waals surface area contributed by atoms with Crippen LogP contribution in [0, 0.1) is 0 Å². The molecule has 0 aromatic rings. The van der Waals surface area contributed by atoms with Gasteiger partial charge in [0.05, 0.1) is 23.6 Å². The number of thioether (sulfide) groups is 1. The molecule has 0 radical (unpaired) electrons. The van der Waals surface area contributed by atoms with E-state index in [-0.39, 0.29) is 47.9 Å². The van der Waals surface area contributed by atoms with Crippen molar-refractivity contribution >= 4 is 44.3 Å². The van der Waals surface area contributed by atoms with Crippen LogP contribution in [0.15, 0.2) is 10.1 Å². The molecule has 1 N–H and O–H groups in total. The second-order valence-electron chi connectivity index (χ2n) is 7.59. The van der Waals surface area contributed by atoms with Gasteiger partial charge in [-0.15, -0.1) is 0 Å². The van der Waals surface area contributed by atoms with E-state index in [0.717, 1.165) is 12.8 Å². The van der Waals surface area contributed by atoms with Gasteiger partial charge in [0, 0.05) is 18.1 Å². The predicted octanol–water partition coefficient (Wildman–Crippen LogP) is 1.07. The van der Waals surface area contributed by atoms with Gasteiger partial charge in [0.15, 0.2) is 15.0 Å². The minimum atomic E-state index is -3.13. The van der Waals surface area contributed by atoms with E-state index >= 15 is 0 Å². The average Bonchev–Trinajstić information content (AvgIpc) is 3.10. The largest absolute Gasteiger partial charge is 0.300 e. The molecular formula is C17H24N4O4S2. The lowest BCUT2D eigenvalue weighted by Crippen LogP contribution is -2.44. The minimum Gasteiger partial charge on any atom is -0.300 e. The first-order valence-electron chi connectivity index (χ1n) is 9.57. The Morgan fingerprint density at radius 2 is 1.96 bits per heavy atom. The van der Waals surface area contributed by atoms with Gasteiger partial charge in [-0.05, 0) is 19.3 Å². The summed E-state index contributed by atoms with van der Waals surface area (Å²) in [6.45, 7) is 0. The molecule has 0 spiro atoms. The fourth-order valence-electron chi connectivity index (χ4n) is 4.08. The van der Waals surface area contributed by atoms with Crippen molar-refractivity contribution in [1.29, 1.82) is 0 Å². The SMILES string of the molecule is O=C(NC1=N[C@@H]2CCCCC[C@H]2S1)C1=NN([C@H]2CCS(=O)(=O)C2)C(=O)CC1. The van der Waals surface area contributed by atoms with Gasteiger partial charge >= 0.3 is 0 Å². The Kier molecular flexibility index (Phi) is 5.28. The summed E-state index contributed by atoms with van der Waals surface area (Å²) in [5, 5.41) is 9.38. The molecule has 2 amide bonds. The zero-order valence-corrected chi connectivity index (χ0v) is 16.7. The Morgan fingerprint density at radius 3 is 2.74 bits per heavy atom. The third kappa shape index (κ3) is 4.21. The fraction of sp³-hybridized carbons (Fsp3) is 0.765. The number of aliphatic imine (C=N–C) groups is 1. The topological polar surface area (TPSA) is 108 Å². The van der Waals surface area contributed by atoms with Crippen LogP contribution in [-0.4, -0.2) is 65.0 Å². The molecule has 3 aliphatic heterocycles. The first-order valence-corrected chi connectivity index (χ1v) is 12.3. The second kappa shape index (κ2) is 7.54. The van der Waals surface area contributed by atoms with Gasteiger partial charge in [0.2, 0.25) is 5.91 Å². The van der Waals surface area contributed by atoms with Crippen LogP contribution in [0.2, 0.25) is 0 Å². The number of amides is 2. The maximum Gasteiger partial charge on any atom is 0.273 e. The molecule has 0 unspecified atom stereocenters. The number of sulfone groups is 1. The molecule has 2 fully saturated rings. The summed E-state index contributed by atoms with van der Waals surface area (Å²) in [4.78, 5) is 29.5. The van der Waals surface area contributed by atoms with E-state index in [0.29, 0.717) is 16.8 Å². The number of nitrogens with one attached hydrogen (secondary N) is 1. The standard InChI is InChI=1S/C17H24N4O4S2/c22-15-7-6-13(20-21(15)11-8-9-27(24,25)10-11)16(23)19-17-18-12-4-2-1-3-5-14(12)26-17/h11-12,14H,1-10H2,(H,18,19,23)/t11-,12+,14+/m0/s1. The first kappa shape index (κ1) is 18.9. The van der Waals surface area contributed by atoms with Crippen LogP contribution in [0.4, 0.5) is 0 Å². The quantitative estimate of drug-likeness (QED) is 0.730. The van der Waals surface area contributed by atoms with E-state index in [1.54, 1.807) is 11.8 Å². The minimum absolute atomic E-state index is 0.0642. The molecule has 0 bridgehead atoms. The fourth-order valence-corrected chi connectivity index (χ4v) is 7.05.